The van der Waals surface area contributed by atoms with E-state index in [9.17, 15) is 4.79 Å². The molecule has 1 N–H and O–H groups in total. The van der Waals surface area contributed by atoms with Crippen molar-refractivity contribution >= 4 is 28.4 Å². The lowest BCUT2D eigenvalue weighted by Crippen LogP contribution is -2.34. The van der Waals surface area contributed by atoms with Gasteiger partial charge in [-0.05, 0) is 24.0 Å². The summed E-state index contributed by atoms with van der Waals surface area (Å²) < 4.78 is 0. The predicted molar refractivity (Wildman–Crippen MR) is 83.2 cm³/mol. The van der Waals surface area contributed by atoms with Gasteiger partial charge in [-0.2, -0.15) is 0 Å². The first-order valence-electron chi connectivity index (χ1n) is 6.71. The minimum absolute atomic E-state index is 0.000242. The molecule has 0 aliphatic rings. The predicted octanol–water partition coefficient (Wildman–Crippen LogP) is 3.62. The molecule has 2 rings (SSSR count). The summed E-state index contributed by atoms with van der Waals surface area (Å²) in [4.78, 5) is 16.6. The zero-order valence-corrected chi connectivity index (χ0v) is 12.6. The van der Waals surface area contributed by atoms with Crippen LogP contribution in [-0.2, 0) is 0 Å². The molecule has 4 heteroatoms. The highest BCUT2D eigenvalue weighted by Crippen LogP contribution is 2.20. The van der Waals surface area contributed by atoms with Crippen LogP contribution in [0.5, 0.6) is 0 Å². The van der Waals surface area contributed by atoms with Crippen LogP contribution in [0.3, 0.4) is 0 Å². The van der Waals surface area contributed by atoms with E-state index in [0.717, 1.165) is 17.3 Å². The lowest BCUT2D eigenvalue weighted by molar-refractivity contribution is 0.0937. The highest BCUT2D eigenvalue weighted by atomic mass is 35.5. The summed E-state index contributed by atoms with van der Waals surface area (Å²) in [5.41, 5.74) is 1.50. The molecular formula is C16H19ClN2O. The molecule has 0 radical (unpaired) electrons. The maximum Gasteiger partial charge on any atom is 0.252 e. The van der Waals surface area contributed by atoms with Gasteiger partial charge < -0.3 is 5.32 Å². The van der Waals surface area contributed by atoms with Crippen molar-refractivity contribution in [1.29, 1.82) is 0 Å². The van der Waals surface area contributed by atoms with E-state index < -0.39 is 0 Å². The van der Waals surface area contributed by atoms with E-state index in [1.54, 1.807) is 12.3 Å². The van der Waals surface area contributed by atoms with Gasteiger partial charge in [0.1, 0.15) is 0 Å². The van der Waals surface area contributed by atoms with Gasteiger partial charge in [0.05, 0.1) is 11.1 Å². The smallest absolute Gasteiger partial charge is 0.252 e. The number of para-hydroxylation sites is 1. The molecule has 0 fully saturated rings. The normalized spacial score (nSPS) is 11.6. The van der Waals surface area contributed by atoms with Crippen molar-refractivity contribution in [2.45, 2.75) is 20.3 Å². The summed E-state index contributed by atoms with van der Waals surface area (Å²) in [7, 11) is 0. The highest BCUT2D eigenvalue weighted by Gasteiger charge is 2.19. The summed E-state index contributed by atoms with van der Waals surface area (Å²) in [5, 5.41) is 3.87. The zero-order chi connectivity index (χ0) is 14.6. The Morgan fingerprint density at radius 1 is 1.30 bits per heavy atom. The summed E-state index contributed by atoms with van der Waals surface area (Å²) >= 11 is 5.78. The largest absolute Gasteiger partial charge is 0.351 e. The number of nitrogens with one attached hydrogen (secondary N) is 1. The second kappa shape index (κ2) is 6.23. The van der Waals surface area contributed by atoms with Gasteiger partial charge in [0.25, 0.3) is 5.91 Å². The first kappa shape index (κ1) is 14.8. The fraction of sp³-hybridized carbons (Fsp3) is 0.375. The van der Waals surface area contributed by atoms with Crippen molar-refractivity contribution in [3.63, 3.8) is 0 Å². The Bertz CT molecular complexity index is 605. The highest BCUT2D eigenvalue weighted by molar-refractivity contribution is 6.17. The topological polar surface area (TPSA) is 42.0 Å². The fourth-order valence-corrected chi connectivity index (χ4v) is 2.56. The Balaban J connectivity index is 2.16. The number of amides is 1. The number of pyridine rings is 1. The summed E-state index contributed by atoms with van der Waals surface area (Å²) in [6, 6.07) is 9.41. The molecule has 1 aromatic carbocycles. The van der Waals surface area contributed by atoms with Gasteiger partial charge in [0.15, 0.2) is 0 Å². The van der Waals surface area contributed by atoms with E-state index in [-0.39, 0.29) is 11.3 Å². The van der Waals surface area contributed by atoms with Gasteiger partial charge >= 0.3 is 0 Å². The van der Waals surface area contributed by atoms with Gasteiger partial charge in [-0.15, -0.1) is 11.6 Å². The number of carbonyl (C=O) groups excluding carboxylic acids is 1. The number of aromatic nitrogens is 1. The second-order valence-electron chi connectivity index (χ2n) is 5.66. The average molecular weight is 291 g/mol. The van der Waals surface area contributed by atoms with Crippen molar-refractivity contribution in [2.24, 2.45) is 5.41 Å². The molecule has 1 aromatic heterocycles. The SMILES string of the molecule is CC(C)(CCCl)CNC(=O)c1ccnc2ccccc12. The van der Waals surface area contributed by atoms with Crippen LogP contribution in [0.15, 0.2) is 36.5 Å². The number of carbonyl (C=O) groups is 1. The minimum Gasteiger partial charge on any atom is -0.351 e. The molecule has 0 bridgehead atoms. The number of alkyl halides is 1. The number of hydrogen-bond donors (Lipinski definition) is 1. The van der Waals surface area contributed by atoms with Crippen molar-refractivity contribution in [1.82, 2.24) is 10.3 Å². The van der Waals surface area contributed by atoms with Crippen LogP contribution in [0.25, 0.3) is 10.9 Å². The van der Waals surface area contributed by atoms with E-state index in [1.165, 1.54) is 0 Å². The van der Waals surface area contributed by atoms with Crippen LogP contribution < -0.4 is 5.32 Å². The Morgan fingerprint density at radius 2 is 2.05 bits per heavy atom. The summed E-state index contributed by atoms with van der Waals surface area (Å²) in [6.45, 7) is 4.80. The lowest BCUT2D eigenvalue weighted by Gasteiger charge is -2.23. The van der Waals surface area contributed by atoms with Crippen molar-refractivity contribution in [2.75, 3.05) is 12.4 Å². The molecular weight excluding hydrogens is 272 g/mol. The van der Waals surface area contributed by atoms with E-state index in [0.29, 0.717) is 18.0 Å². The van der Waals surface area contributed by atoms with E-state index in [4.69, 9.17) is 11.6 Å². The number of fused-ring (bicyclic) bond motifs is 1. The van der Waals surface area contributed by atoms with E-state index in [2.05, 4.69) is 24.1 Å². The second-order valence-corrected chi connectivity index (χ2v) is 6.04. The maximum atomic E-state index is 12.3. The first-order valence-corrected chi connectivity index (χ1v) is 7.25. The number of nitrogens with zero attached hydrogens (tertiary/aromatic N) is 1. The van der Waals surface area contributed by atoms with Crippen LogP contribution >= 0.6 is 11.6 Å². The molecule has 0 saturated carbocycles. The van der Waals surface area contributed by atoms with Gasteiger partial charge in [-0.25, -0.2) is 0 Å². The molecule has 0 saturated heterocycles. The molecule has 3 nitrogen and oxygen atoms in total. The van der Waals surface area contributed by atoms with E-state index in [1.807, 2.05) is 24.3 Å². The number of benzene rings is 1. The zero-order valence-electron chi connectivity index (χ0n) is 11.8. The fourth-order valence-electron chi connectivity index (χ4n) is 2.05. The van der Waals surface area contributed by atoms with Crippen LogP contribution in [0.1, 0.15) is 30.6 Å². The first-order chi connectivity index (χ1) is 9.53. The van der Waals surface area contributed by atoms with Gasteiger partial charge in [-0.1, -0.05) is 32.0 Å². The summed E-state index contributed by atoms with van der Waals surface area (Å²) in [6.07, 6.45) is 2.53. The monoisotopic (exact) mass is 290 g/mol. The van der Waals surface area contributed by atoms with Crippen LogP contribution in [0.4, 0.5) is 0 Å². The molecule has 0 atom stereocenters. The Kier molecular flexibility index (Phi) is 4.61. The van der Waals surface area contributed by atoms with Gasteiger partial charge in [-0.3, -0.25) is 9.78 Å². The summed E-state index contributed by atoms with van der Waals surface area (Å²) in [5.74, 6) is 0.535. The Hall–Kier alpha value is -1.61. The third kappa shape index (κ3) is 3.48. The third-order valence-corrected chi connectivity index (χ3v) is 3.58. The van der Waals surface area contributed by atoms with E-state index >= 15 is 0 Å². The number of hydrogen-bond acceptors (Lipinski definition) is 2. The van der Waals surface area contributed by atoms with Crippen molar-refractivity contribution < 1.29 is 4.79 Å². The molecule has 0 aliphatic carbocycles. The molecule has 20 heavy (non-hydrogen) atoms. The van der Waals surface area contributed by atoms with Gasteiger partial charge in [0.2, 0.25) is 0 Å². The van der Waals surface area contributed by atoms with Crippen LogP contribution in [-0.4, -0.2) is 23.3 Å². The molecule has 0 aliphatic heterocycles. The Morgan fingerprint density at radius 3 is 2.80 bits per heavy atom. The quantitative estimate of drug-likeness (QED) is 0.855. The average Bonchev–Trinajstić information content (AvgIpc) is 2.44. The molecule has 1 heterocycles. The molecule has 1 amide bonds. The van der Waals surface area contributed by atoms with Crippen LogP contribution in [0.2, 0.25) is 0 Å². The molecule has 0 unspecified atom stereocenters. The standard InChI is InChI=1S/C16H19ClN2O/c1-16(2,8-9-17)11-19-15(20)13-7-10-18-14-6-4-3-5-12(13)14/h3-7,10H,8-9,11H2,1-2H3,(H,19,20). The van der Waals surface area contributed by atoms with Gasteiger partial charge in [0, 0.05) is 24.0 Å². The van der Waals surface area contributed by atoms with Crippen molar-refractivity contribution in [3.8, 4) is 0 Å². The molecule has 106 valence electrons. The maximum absolute atomic E-state index is 12.3. The number of halogens is 1. The Labute approximate surface area is 124 Å². The third-order valence-electron chi connectivity index (χ3n) is 3.39. The van der Waals surface area contributed by atoms with Crippen LogP contribution in [0, 0.1) is 5.41 Å². The van der Waals surface area contributed by atoms with Crippen molar-refractivity contribution in [3.05, 3.63) is 42.1 Å². The lowest BCUT2D eigenvalue weighted by atomic mass is 9.90. The minimum atomic E-state index is -0.0637. The molecule has 2 aromatic rings. The number of rotatable bonds is 5. The molecule has 0 spiro atoms.